The van der Waals surface area contributed by atoms with Gasteiger partial charge in [-0.05, 0) is 43.9 Å². The molecule has 0 bridgehead atoms. The second-order valence-corrected chi connectivity index (χ2v) is 5.56. The fraction of sp³-hybridized carbons (Fsp3) is 0.400. The first-order valence-corrected chi connectivity index (χ1v) is 6.64. The Labute approximate surface area is 111 Å². The number of carbonyl (C=O) groups excluding carboxylic acids is 1. The van der Waals surface area contributed by atoms with Gasteiger partial charge >= 0.3 is 0 Å². The van der Waals surface area contributed by atoms with E-state index in [1.54, 1.807) is 13.0 Å². The smallest absolute Gasteiger partial charge is 0.252 e. The van der Waals surface area contributed by atoms with Crippen LogP contribution in [0.3, 0.4) is 0 Å². The number of amides is 1. The Hall–Kier alpha value is -1.81. The molecule has 0 saturated heterocycles. The Bertz CT molecular complexity index is 611. The average Bonchev–Trinajstić information content (AvgIpc) is 3.15. The number of hydrogen-bond donors (Lipinski definition) is 3. The van der Waals surface area contributed by atoms with Gasteiger partial charge in [0.25, 0.3) is 5.91 Å². The molecule has 1 aliphatic carbocycles. The largest absolute Gasteiger partial charge is 0.388 e. The highest BCUT2D eigenvalue weighted by Gasteiger charge is 2.39. The first kappa shape index (κ1) is 12.2. The van der Waals surface area contributed by atoms with E-state index in [9.17, 15) is 9.90 Å². The van der Waals surface area contributed by atoms with Crippen LogP contribution in [-0.2, 0) is 0 Å². The highest BCUT2D eigenvalue weighted by Crippen LogP contribution is 2.39. The van der Waals surface area contributed by atoms with Crippen LogP contribution >= 0.6 is 0 Å². The number of aromatic nitrogens is 1. The predicted molar refractivity (Wildman–Crippen MR) is 74.0 cm³/mol. The van der Waals surface area contributed by atoms with E-state index in [1.807, 2.05) is 24.4 Å². The van der Waals surface area contributed by atoms with E-state index >= 15 is 0 Å². The molecule has 4 heteroatoms. The van der Waals surface area contributed by atoms with Crippen LogP contribution in [0.5, 0.6) is 0 Å². The van der Waals surface area contributed by atoms with Crippen molar-refractivity contribution in [1.29, 1.82) is 0 Å². The Kier molecular flexibility index (Phi) is 2.82. The van der Waals surface area contributed by atoms with Crippen LogP contribution in [0.1, 0.15) is 30.1 Å². The maximum absolute atomic E-state index is 12.2. The average molecular weight is 258 g/mol. The van der Waals surface area contributed by atoms with Crippen LogP contribution in [0.25, 0.3) is 10.9 Å². The van der Waals surface area contributed by atoms with E-state index in [0.29, 0.717) is 18.0 Å². The maximum atomic E-state index is 12.2. The molecule has 0 radical (unpaired) electrons. The molecule has 3 N–H and O–H groups in total. The molecule has 1 aliphatic rings. The van der Waals surface area contributed by atoms with Crippen LogP contribution < -0.4 is 5.32 Å². The van der Waals surface area contributed by atoms with Gasteiger partial charge < -0.3 is 15.4 Å². The molecule has 0 aliphatic heterocycles. The molecule has 1 unspecified atom stereocenters. The predicted octanol–water partition coefficient (Wildman–Crippen LogP) is 2.06. The molecule has 2 aromatic rings. The van der Waals surface area contributed by atoms with Gasteiger partial charge in [-0.25, -0.2) is 0 Å². The number of H-pyrrole nitrogens is 1. The first-order valence-electron chi connectivity index (χ1n) is 6.64. The highest BCUT2D eigenvalue weighted by atomic mass is 16.3. The van der Waals surface area contributed by atoms with Crippen molar-refractivity contribution >= 4 is 16.8 Å². The summed E-state index contributed by atoms with van der Waals surface area (Å²) in [5.41, 5.74) is 0.800. The van der Waals surface area contributed by atoms with Crippen molar-refractivity contribution in [2.45, 2.75) is 25.4 Å². The summed E-state index contributed by atoms with van der Waals surface area (Å²) >= 11 is 0. The Balaban J connectivity index is 1.75. The quantitative estimate of drug-likeness (QED) is 0.786. The number of rotatable bonds is 4. The molecule has 19 heavy (non-hydrogen) atoms. The summed E-state index contributed by atoms with van der Waals surface area (Å²) < 4.78 is 0. The van der Waals surface area contributed by atoms with E-state index in [4.69, 9.17) is 0 Å². The van der Waals surface area contributed by atoms with Crippen molar-refractivity contribution in [1.82, 2.24) is 10.3 Å². The summed E-state index contributed by atoms with van der Waals surface area (Å²) in [4.78, 5) is 15.3. The molecule has 100 valence electrons. The SMILES string of the molecule is CC(O)(CNC(=O)c1cccc2[nH]ccc12)C1CC1. The molecule has 1 aromatic carbocycles. The molecule has 1 atom stereocenters. The minimum absolute atomic E-state index is 0.133. The third-order valence-corrected chi connectivity index (χ3v) is 3.90. The third kappa shape index (κ3) is 2.36. The third-order valence-electron chi connectivity index (χ3n) is 3.90. The lowest BCUT2D eigenvalue weighted by molar-refractivity contribution is 0.0354. The number of benzene rings is 1. The summed E-state index contributed by atoms with van der Waals surface area (Å²) in [5.74, 6) is 0.196. The minimum Gasteiger partial charge on any atom is -0.388 e. The van der Waals surface area contributed by atoms with E-state index in [0.717, 1.165) is 23.7 Å². The molecular weight excluding hydrogens is 240 g/mol. The van der Waals surface area contributed by atoms with Crippen LogP contribution in [0.4, 0.5) is 0 Å². The molecule has 3 rings (SSSR count). The van der Waals surface area contributed by atoms with Crippen LogP contribution in [-0.4, -0.2) is 28.1 Å². The zero-order valence-corrected chi connectivity index (χ0v) is 10.9. The van der Waals surface area contributed by atoms with E-state index in [-0.39, 0.29) is 5.91 Å². The number of carbonyl (C=O) groups is 1. The van der Waals surface area contributed by atoms with Crippen molar-refractivity contribution < 1.29 is 9.90 Å². The summed E-state index contributed by atoms with van der Waals surface area (Å²) in [5, 5.41) is 14.0. The fourth-order valence-electron chi connectivity index (χ4n) is 2.49. The molecule has 1 amide bonds. The van der Waals surface area contributed by atoms with Gasteiger partial charge in [-0.3, -0.25) is 4.79 Å². The number of fused-ring (bicyclic) bond motifs is 1. The van der Waals surface area contributed by atoms with Gasteiger partial charge in [-0.1, -0.05) is 6.07 Å². The Morgan fingerprint density at radius 1 is 1.47 bits per heavy atom. The van der Waals surface area contributed by atoms with Crippen molar-refractivity contribution in [2.24, 2.45) is 5.92 Å². The van der Waals surface area contributed by atoms with Crippen molar-refractivity contribution in [3.05, 3.63) is 36.0 Å². The van der Waals surface area contributed by atoms with Crippen molar-refractivity contribution in [2.75, 3.05) is 6.54 Å². The minimum atomic E-state index is -0.790. The molecule has 1 fully saturated rings. The summed E-state index contributed by atoms with van der Waals surface area (Å²) in [7, 11) is 0. The van der Waals surface area contributed by atoms with Crippen molar-refractivity contribution in [3.63, 3.8) is 0 Å². The Morgan fingerprint density at radius 2 is 2.26 bits per heavy atom. The molecule has 1 saturated carbocycles. The number of hydrogen-bond acceptors (Lipinski definition) is 2. The lowest BCUT2D eigenvalue weighted by Crippen LogP contribution is -2.42. The maximum Gasteiger partial charge on any atom is 0.252 e. The van der Waals surface area contributed by atoms with E-state index < -0.39 is 5.60 Å². The molecule has 4 nitrogen and oxygen atoms in total. The Morgan fingerprint density at radius 3 is 3.00 bits per heavy atom. The second kappa shape index (κ2) is 4.38. The normalized spacial score (nSPS) is 18.2. The van der Waals surface area contributed by atoms with Gasteiger partial charge in [0.05, 0.1) is 5.60 Å². The molecule has 1 aromatic heterocycles. The van der Waals surface area contributed by atoms with E-state index in [2.05, 4.69) is 10.3 Å². The zero-order chi connectivity index (χ0) is 13.5. The van der Waals surface area contributed by atoms with Gasteiger partial charge in [0.2, 0.25) is 0 Å². The summed E-state index contributed by atoms with van der Waals surface area (Å²) in [6, 6.07) is 7.49. The van der Waals surface area contributed by atoms with Gasteiger partial charge in [-0.15, -0.1) is 0 Å². The van der Waals surface area contributed by atoms with Crippen LogP contribution in [0.2, 0.25) is 0 Å². The number of aliphatic hydroxyl groups is 1. The second-order valence-electron chi connectivity index (χ2n) is 5.56. The van der Waals surface area contributed by atoms with Crippen LogP contribution in [0.15, 0.2) is 30.5 Å². The monoisotopic (exact) mass is 258 g/mol. The van der Waals surface area contributed by atoms with Gasteiger partial charge in [0.1, 0.15) is 0 Å². The summed E-state index contributed by atoms with van der Waals surface area (Å²) in [6.07, 6.45) is 3.92. The summed E-state index contributed by atoms with van der Waals surface area (Å²) in [6.45, 7) is 2.10. The zero-order valence-electron chi connectivity index (χ0n) is 10.9. The topological polar surface area (TPSA) is 65.1 Å². The lowest BCUT2D eigenvalue weighted by Gasteiger charge is -2.23. The molecule has 0 spiro atoms. The highest BCUT2D eigenvalue weighted by molar-refractivity contribution is 6.06. The number of nitrogens with one attached hydrogen (secondary N) is 2. The first-order chi connectivity index (χ1) is 9.08. The standard InChI is InChI=1S/C15H18N2O2/c1-15(19,10-5-6-10)9-17-14(18)12-3-2-4-13-11(12)7-8-16-13/h2-4,7-8,10,16,19H,5-6,9H2,1H3,(H,17,18). The van der Waals surface area contributed by atoms with Gasteiger partial charge in [0, 0.05) is 29.2 Å². The number of aromatic amines is 1. The van der Waals surface area contributed by atoms with Gasteiger partial charge in [0.15, 0.2) is 0 Å². The molecular formula is C15H18N2O2. The molecule has 1 heterocycles. The fourth-order valence-corrected chi connectivity index (χ4v) is 2.49. The van der Waals surface area contributed by atoms with E-state index in [1.165, 1.54) is 0 Å². The van der Waals surface area contributed by atoms with Crippen molar-refractivity contribution in [3.8, 4) is 0 Å². The van der Waals surface area contributed by atoms with Crippen LogP contribution in [0, 0.1) is 5.92 Å². The lowest BCUT2D eigenvalue weighted by atomic mass is 10.0. The van der Waals surface area contributed by atoms with Gasteiger partial charge in [-0.2, -0.15) is 0 Å².